The Hall–Kier alpha value is -3.78. The van der Waals surface area contributed by atoms with Gasteiger partial charge in [0, 0.05) is 0 Å². The summed E-state index contributed by atoms with van der Waals surface area (Å²) >= 11 is 0. The molecular weight excluding hydrogens is 456 g/mol. The van der Waals surface area contributed by atoms with Crippen molar-refractivity contribution in [3.05, 3.63) is 0 Å². The average molecular weight is 480 g/mol. The summed E-state index contributed by atoms with van der Waals surface area (Å²) < 4.78 is 0. The highest BCUT2D eigenvalue weighted by molar-refractivity contribution is 6.05. The van der Waals surface area contributed by atoms with E-state index in [1.807, 2.05) is 10.6 Å². The van der Waals surface area contributed by atoms with Crippen molar-refractivity contribution in [3.8, 4) is 0 Å². The zero-order valence-corrected chi connectivity index (χ0v) is 16.8. The summed E-state index contributed by atoms with van der Waals surface area (Å²) in [5, 5.41) is 54.3. The van der Waals surface area contributed by atoms with Crippen LogP contribution in [0.2, 0.25) is 0 Å². The third-order valence-electron chi connectivity index (χ3n) is 3.86. The fourth-order valence-electron chi connectivity index (χ4n) is 2.20. The van der Waals surface area contributed by atoms with Crippen LogP contribution in [0, 0.1) is 0 Å². The van der Waals surface area contributed by atoms with Crippen LogP contribution in [-0.4, -0.2) is 123 Å². The van der Waals surface area contributed by atoms with Crippen LogP contribution in [0.15, 0.2) is 0 Å². The lowest BCUT2D eigenvalue weighted by Crippen LogP contribution is -2.56. The van der Waals surface area contributed by atoms with Gasteiger partial charge in [-0.05, 0) is 0 Å². The van der Waals surface area contributed by atoms with Gasteiger partial charge in [-0.2, -0.15) is 0 Å². The Bertz CT molecular complexity index is 705. The quantitative estimate of drug-likeness (QED) is 0.115. The van der Waals surface area contributed by atoms with Crippen LogP contribution in [0.5, 0.6) is 0 Å². The fraction of sp³-hybridized carbons (Fsp3) is 0.571. The van der Waals surface area contributed by atoms with Crippen molar-refractivity contribution >= 4 is 35.9 Å². The van der Waals surface area contributed by atoms with Crippen LogP contribution in [-0.2, 0) is 9.59 Å². The first kappa shape index (κ1) is 27.3. The summed E-state index contributed by atoms with van der Waals surface area (Å²) in [6.45, 7) is -2.81. The molecule has 2 rings (SSSR count). The molecule has 0 bridgehead atoms. The van der Waals surface area contributed by atoms with Crippen molar-refractivity contribution in [2.45, 2.75) is 18.4 Å². The van der Waals surface area contributed by atoms with E-state index >= 15 is 0 Å². The molecule has 2 aliphatic rings. The van der Waals surface area contributed by atoms with E-state index in [-0.39, 0.29) is 13.2 Å². The summed E-state index contributed by atoms with van der Waals surface area (Å²) in [6, 6.07) is -3.67. The predicted molar refractivity (Wildman–Crippen MR) is 101 cm³/mol. The number of carbonyl (C=O) groups excluding carboxylic acids is 6. The highest BCUT2D eigenvalue weighted by Crippen LogP contribution is 2.05. The van der Waals surface area contributed by atoms with E-state index in [1.165, 1.54) is 0 Å². The predicted octanol–water partition coefficient (Wildman–Crippen LogP) is -6.47. The zero-order chi connectivity index (χ0) is 25.1. The standard InChI is InChI=1S/C11H16N8O8.C3H8O3/c20-2-18-4(6(22)16-10(18)26)14-8(24)12-1-13-9(25)15-5-7(23)17-11(27)19(5)3-21;4-1-3(6)2-5/h4-5,20-21H,1-3H2,(H2,12,14,24)(H2,13,15,25)(H,16,22,26)(H,17,23,27);3-6H,1-2H2. The maximum absolute atomic E-state index is 11.7. The number of nitrogens with one attached hydrogen (secondary N) is 6. The lowest BCUT2D eigenvalue weighted by Gasteiger charge is -2.21. The van der Waals surface area contributed by atoms with E-state index in [0.717, 1.165) is 0 Å². The smallest absolute Gasteiger partial charge is 0.328 e. The fourth-order valence-corrected chi connectivity index (χ4v) is 2.20. The minimum Gasteiger partial charge on any atom is -0.394 e. The lowest BCUT2D eigenvalue weighted by atomic mass is 10.4. The van der Waals surface area contributed by atoms with Gasteiger partial charge in [-0.15, -0.1) is 0 Å². The molecule has 0 radical (unpaired) electrons. The van der Waals surface area contributed by atoms with Crippen LogP contribution in [0.25, 0.3) is 0 Å². The number of nitrogens with zero attached hydrogens (tertiary/aromatic N) is 2. The van der Waals surface area contributed by atoms with Crippen LogP contribution >= 0.6 is 0 Å². The van der Waals surface area contributed by atoms with Crippen LogP contribution in [0.3, 0.4) is 0 Å². The average Bonchev–Trinajstić information content (AvgIpc) is 3.20. The second-order valence-electron chi connectivity index (χ2n) is 6.11. The molecule has 2 atom stereocenters. The highest BCUT2D eigenvalue weighted by atomic mass is 16.3. The Kier molecular flexibility index (Phi) is 10.7. The third-order valence-corrected chi connectivity index (χ3v) is 3.86. The van der Waals surface area contributed by atoms with Crippen molar-refractivity contribution in [2.24, 2.45) is 0 Å². The van der Waals surface area contributed by atoms with Gasteiger partial charge in [0.25, 0.3) is 11.8 Å². The monoisotopic (exact) mass is 480 g/mol. The molecule has 2 unspecified atom stereocenters. The number of hydrogen-bond donors (Lipinski definition) is 11. The van der Waals surface area contributed by atoms with Crippen molar-refractivity contribution < 1.29 is 54.3 Å². The van der Waals surface area contributed by atoms with Gasteiger partial charge >= 0.3 is 24.1 Å². The molecule has 11 N–H and O–H groups in total. The molecule has 0 saturated carbocycles. The van der Waals surface area contributed by atoms with Crippen LogP contribution < -0.4 is 31.9 Å². The van der Waals surface area contributed by atoms with E-state index in [9.17, 15) is 28.8 Å². The summed E-state index contributed by atoms with van der Waals surface area (Å²) in [6.07, 6.45) is -3.81. The Morgan fingerprint density at radius 3 is 1.42 bits per heavy atom. The number of carbonyl (C=O) groups is 6. The van der Waals surface area contributed by atoms with Crippen molar-refractivity contribution in [1.82, 2.24) is 41.7 Å². The second-order valence-corrected chi connectivity index (χ2v) is 6.11. The molecule has 2 aliphatic heterocycles. The van der Waals surface area contributed by atoms with Crippen molar-refractivity contribution in [1.29, 1.82) is 0 Å². The molecule has 0 aromatic carbocycles. The summed E-state index contributed by atoms with van der Waals surface area (Å²) in [5.74, 6) is -1.70. The van der Waals surface area contributed by atoms with Crippen LogP contribution in [0.1, 0.15) is 0 Å². The van der Waals surface area contributed by atoms with Gasteiger partial charge in [0.1, 0.15) is 19.6 Å². The topological polar surface area (TPSA) is 282 Å². The minimum absolute atomic E-state index is 0.365. The van der Waals surface area contributed by atoms with Crippen molar-refractivity contribution in [3.63, 3.8) is 0 Å². The molecule has 0 aromatic heterocycles. The van der Waals surface area contributed by atoms with E-state index in [2.05, 4.69) is 21.3 Å². The Morgan fingerprint density at radius 1 is 0.788 bits per heavy atom. The molecule has 19 nitrogen and oxygen atoms in total. The number of aliphatic hydroxyl groups is 5. The first-order valence-corrected chi connectivity index (χ1v) is 9.02. The highest BCUT2D eigenvalue weighted by Gasteiger charge is 2.40. The Labute approximate surface area is 184 Å². The number of hydrogen-bond acceptors (Lipinski definition) is 11. The summed E-state index contributed by atoms with van der Waals surface area (Å²) in [5.41, 5.74) is 0. The Balaban J connectivity index is 0.000000801. The lowest BCUT2D eigenvalue weighted by molar-refractivity contribution is -0.123. The molecule has 2 heterocycles. The van der Waals surface area contributed by atoms with Gasteiger partial charge in [0.15, 0.2) is 12.3 Å². The third kappa shape index (κ3) is 7.69. The van der Waals surface area contributed by atoms with Gasteiger partial charge in [-0.1, -0.05) is 0 Å². The van der Waals surface area contributed by atoms with E-state index in [0.29, 0.717) is 9.80 Å². The van der Waals surface area contributed by atoms with E-state index in [4.69, 9.17) is 25.5 Å². The molecule has 2 saturated heterocycles. The molecule has 33 heavy (non-hydrogen) atoms. The molecular formula is C14H24N8O11. The molecule has 0 aromatic rings. The van der Waals surface area contributed by atoms with E-state index in [1.54, 1.807) is 0 Å². The van der Waals surface area contributed by atoms with Gasteiger partial charge in [-0.3, -0.25) is 30.0 Å². The molecule has 19 heteroatoms. The Morgan fingerprint density at radius 2 is 1.15 bits per heavy atom. The largest absolute Gasteiger partial charge is 0.394 e. The first-order chi connectivity index (χ1) is 15.6. The maximum Gasteiger partial charge on any atom is 0.328 e. The second kappa shape index (κ2) is 12.9. The summed E-state index contributed by atoms with van der Waals surface area (Å²) in [4.78, 5) is 70.2. The number of aliphatic hydroxyl groups excluding tert-OH is 5. The van der Waals surface area contributed by atoms with Crippen molar-refractivity contribution in [2.75, 3.05) is 33.3 Å². The van der Waals surface area contributed by atoms with Gasteiger partial charge in [0.2, 0.25) is 0 Å². The van der Waals surface area contributed by atoms with Gasteiger partial charge < -0.3 is 46.8 Å². The first-order valence-electron chi connectivity index (χ1n) is 9.02. The maximum atomic E-state index is 11.7. The number of imide groups is 2. The molecule has 186 valence electrons. The summed E-state index contributed by atoms with van der Waals surface area (Å²) in [7, 11) is 0. The molecule has 0 aliphatic carbocycles. The molecule has 2 fully saturated rings. The SMILES string of the molecule is O=C(NCNC(=O)NC1C(=O)NC(=O)N1CO)NC1C(=O)NC(=O)N1CO.OCC(O)CO. The van der Waals surface area contributed by atoms with Crippen LogP contribution in [0.4, 0.5) is 19.2 Å². The minimum atomic E-state index is -1.43. The molecule has 10 amide bonds. The normalized spacial score (nSPS) is 19.6. The number of rotatable bonds is 8. The van der Waals surface area contributed by atoms with Gasteiger partial charge in [-0.25, -0.2) is 19.2 Å². The number of amides is 10. The van der Waals surface area contributed by atoms with Gasteiger partial charge in [0.05, 0.1) is 19.9 Å². The number of urea groups is 4. The molecule has 0 spiro atoms. The zero-order valence-electron chi connectivity index (χ0n) is 16.8. The van der Waals surface area contributed by atoms with E-state index < -0.39 is 74.5 Å².